The zero-order valence-corrected chi connectivity index (χ0v) is 14.7. The van der Waals surface area contributed by atoms with Crippen molar-refractivity contribution >= 4 is 39.1 Å². The number of hydrogen-bond donors (Lipinski definition) is 0. The van der Waals surface area contributed by atoms with E-state index in [0.29, 0.717) is 31.0 Å². The molecule has 8 heteroatoms. The number of carbonyl (C=O) groups is 1. The predicted octanol–water partition coefficient (Wildman–Crippen LogP) is 2.48. The van der Waals surface area contributed by atoms with E-state index in [1.807, 2.05) is 0 Å². The highest BCUT2D eigenvalue weighted by molar-refractivity contribution is 7.89. The van der Waals surface area contributed by atoms with Crippen molar-refractivity contribution in [2.24, 2.45) is 5.92 Å². The smallest absolute Gasteiger partial charge is 0.243 e. The molecule has 1 heterocycles. The van der Waals surface area contributed by atoms with E-state index in [2.05, 4.69) is 0 Å². The van der Waals surface area contributed by atoms with E-state index in [0.717, 1.165) is 0 Å². The van der Waals surface area contributed by atoms with Crippen molar-refractivity contribution in [2.45, 2.75) is 17.7 Å². The van der Waals surface area contributed by atoms with E-state index < -0.39 is 10.0 Å². The lowest BCUT2D eigenvalue weighted by Gasteiger charge is -2.31. The fourth-order valence-electron chi connectivity index (χ4n) is 2.49. The Morgan fingerprint density at radius 3 is 2.27 bits per heavy atom. The summed E-state index contributed by atoms with van der Waals surface area (Å²) in [6.07, 6.45) is 1.05. The standard InChI is InChI=1S/C14H18Cl2N2O3S/c1-17(2)14(19)10-5-7-18(8-6-10)22(20,21)11-3-4-12(15)13(16)9-11/h3-4,9-10H,5-8H2,1-2H3. The van der Waals surface area contributed by atoms with Gasteiger partial charge in [0.05, 0.1) is 14.9 Å². The number of amides is 1. The van der Waals surface area contributed by atoms with E-state index >= 15 is 0 Å². The average Bonchev–Trinajstić information content (AvgIpc) is 2.49. The molecule has 1 aromatic carbocycles. The average molecular weight is 365 g/mol. The first kappa shape index (κ1) is 17.5. The lowest BCUT2D eigenvalue weighted by molar-refractivity contribution is -0.134. The van der Waals surface area contributed by atoms with Crippen molar-refractivity contribution in [3.8, 4) is 0 Å². The topological polar surface area (TPSA) is 57.7 Å². The van der Waals surface area contributed by atoms with Gasteiger partial charge in [-0.25, -0.2) is 8.42 Å². The Bertz CT molecular complexity index is 669. The molecule has 0 aliphatic carbocycles. The van der Waals surface area contributed by atoms with Crippen LogP contribution in [0.15, 0.2) is 23.1 Å². The van der Waals surface area contributed by atoms with Gasteiger partial charge in [0.1, 0.15) is 0 Å². The normalized spacial score (nSPS) is 17.5. The van der Waals surface area contributed by atoms with Gasteiger partial charge in [-0.3, -0.25) is 4.79 Å². The summed E-state index contributed by atoms with van der Waals surface area (Å²) in [6.45, 7) is 0.652. The van der Waals surface area contributed by atoms with E-state index in [1.165, 1.54) is 22.5 Å². The highest BCUT2D eigenvalue weighted by atomic mass is 35.5. The van der Waals surface area contributed by atoms with E-state index in [9.17, 15) is 13.2 Å². The lowest BCUT2D eigenvalue weighted by Crippen LogP contribution is -2.42. The number of carbonyl (C=O) groups excluding carboxylic acids is 1. The van der Waals surface area contributed by atoms with Crippen molar-refractivity contribution in [1.29, 1.82) is 0 Å². The summed E-state index contributed by atoms with van der Waals surface area (Å²) in [5.74, 6) is -0.0677. The summed E-state index contributed by atoms with van der Waals surface area (Å²) in [5, 5.41) is 0.524. The van der Waals surface area contributed by atoms with Gasteiger partial charge in [-0.1, -0.05) is 23.2 Å². The van der Waals surface area contributed by atoms with E-state index in [1.54, 1.807) is 19.0 Å². The largest absolute Gasteiger partial charge is 0.349 e. The molecule has 0 radical (unpaired) electrons. The van der Waals surface area contributed by atoms with Crippen molar-refractivity contribution in [1.82, 2.24) is 9.21 Å². The lowest BCUT2D eigenvalue weighted by atomic mass is 9.97. The van der Waals surface area contributed by atoms with Crippen LogP contribution in [-0.2, 0) is 14.8 Å². The second kappa shape index (κ2) is 6.74. The molecule has 1 saturated heterocycles. The zero-order chi connectivity index (χ0) is 16.5. The summed E-state index contributed by atoms with van der Waals surface area (Å²) in [5.41, 5.74) is 0. The van der Waals surface area contributed by atoms with Crippen molar-refractivity contribution in [2.75, 3.05) is 27.2 Å². The molecule has 0 bridgehead atoms. The quantitative estimate of drug-likeness (QED) is 0.827. The van der Waals surface area contributed by atoms with Crippen LogP contribution in [0.4, 0.5) is 0 Å². The third-order valence-corrected chi connectivity index (χ3v) is 6.41. The molecule has 0 saturated carbocycles. The highest BCUT2D eigenvalue weighted by Crippen LogP contribution is 2.29. The number of hydrogen-bond acceptors (Lipinski definition) is 3. The van der Waals surface area contributed by atoms with Gasteiger partial charge in [0.15, 0.2) is 0 Å². The number of rotatable bonds is 3. The first-order valence-electron chi connectivity index (χ1n) is 6.90. The molecule has 1 fully saturated rings. The fraction of sp³-hybridized carbons (Fsp3) is 0.500. The monoisotopic (exact) mass is 364 g/mol. The van der Waals surface area contributed by atoms with Crippen LogP contribution in [0.5, 0.6) is 0 Å². The van der Waals surface area contributed by atoms with Crippen LogP contribution in [0.2, 0.25) is 10.0 Å². The molecule has 0 spiro atoms. The Morgan fingerprint density at radius 1 is 1.18 bits per heavy atom. The molecule has 0 N–H and O–H groups in total. The number of nitrogens with zero attached hydrogens (tertiary/aromatic N) is 2. The van der Waals surface area contributed by atoms with Crippen molar-refractivity contribution < 1.29 is 13.2 Å². The molecule has 0 aromatic heterocycles. The van der Waals surface area contributed by atoms with E-state index in [-0.39, 0.29) is 21.7 Å². The SMILES string of the molecule is CN(C)C(=O)C1CCN(S(=O)(=O)c2ccc(Cl)c(Cl)c2)CC1. The van der Waals surface area contributed by atoms with Crippen LogP contribution < -0.4 is 0 Å². The van der Waals surface area contributed by atoms with Crippen LogP contribution in [0.3, 0.4) is 0 Å². The number of halogens is 2. The molecule has 0 unspecified atom stereocenters. The maximum atomic E-state index is 12.6. The first-order chi connectivity index (χ1) is 10.2. The van der Waals surface area contributed by atoms with Crippen LogP contribution in [0.1, 0.15) is 12.8 Å². The molecular weight excluding hydrogens is 347 g/mol. The third kappa shape index (κ3) is 3.56. The van der Waals surface area contributed by atoms with Crippen LogP contribution >= 0.6 is 23.2 Å². The summed E-state index contributed by atoms with van der Waals surface area (Å²) in [7, 11) is -0.186. The summed E-state index contributed by atoms with van der Waals surface area (Å²) in [6, 6.07) is 4.27. The summed E-state index contributed by atoms with van der Waals surface area (Å²) >= 11 is 11.7. The molecule has 22 heavy (non-hydrogen) atoms. The molecule has 2 rings (SSSR count). The van der Waals surface area contributed by atoms with Gasteiger partial charge in [-0.2, -0.15) is 4.31 Å². The van der Waals surface area contributed by atoms with Gasteiger partial charge in [-0.05, 0) is 31.0 Å². The predicted molar refractivity (Wildman–Crippen MR) is 86.6 cm³/mol. The number of sulfonamides is 1. The Hall–Kier alpha value is -0.820. The number of piperidine rings is 1. The maximum absolute atomic E-state index is 12.6. The zero-order valence-electron chi connectivity index (χ0n) is 12.4. The van der Waals surface area contributed by atoms with Gasteiger partial charge in [0.2, 0.25) is 15.9 Å². The second-order valence-corrected chi connectivity index (χ2v) is 8.24. The van der Waals surface area contributed by atoms with Crippen LogP contribution in [0, 0.1) is 5.92 Å². The van der Waals surface area contributed by atoms with Crippen molar-refractivity contribution in [3.05, 3.63) is 28.2 Å². The maximum Gasteiger partial charge on any atom is 0.243 e. The fourth-order valence-corrected chi connectivity index (χ4v) is 4.35. The van der Waals surface area contributed by atoms with Gasteiger partial charge < -0.3 is 4.90 Å². The minimum absolute atomic E-state index is 0.0478. The molecule has 122 valence electrons. The highest BCUT2D eigenvalue weighted by Gasteiger charge is 2.32. The Morgan fingerprint density at radius 2 is 1.77 bits per heavy atom. The second-order valence-electron chi connectivity index (χ2n) is 5.49. The molecule has 1 amide bonds. The molecule has 1 aliphatic heterocycles. The molecule has 0 atom stereocenters. The van der Waals surface area contributed by atoms with E-state index in [4.69, 9.17) is 23.2 Å². The van der Waals surface area contributed by atoms with Crippen LogP contribution in [0.25, 0.3) is 0 Å². The first-order valence-corrected chi connectivity index (χ1v) is 9.09. The van der Waals surface area contributed by atoms with Crippen molar-refractivity contribution in [3.63, 3.8) is 0 Å². The minimum atomic E-state index is -3.61. The molecule has 5 nitrogen and oxygen atoms in total. The van der Waals surface area contributed by atoms with Gasteiger partial charge >= 0.3 is 0 Å². The third-order valence-electron chi connectivity index (χ3n) is 3.77. The van der Waals surface area contributed by atoms with Crippen LogP contribution in [-0.4, -0.2) is 50.7 Å². The van der Waals surface area contributed by atoms with Gasteiger partial charge in [0, 0.05) is 33.1 Å². The Balaban J connectivity index is 2.12. The Labute approximate surface area is 140 Å². The molecule has 1 aliphatic rings. The summed E-state index contributed by atoms with van der Waals surface area (Å²) < 4.78 is 26.6. The minimum Gasteiger partial charge on any atom is -0.349 e. The van der Waals surface area contributed by atoms with Gasteiger partial charge in [-0.15, -0.1) is 0 Å². The van der Waals surface area contributed by atoms with Gasteiger partial charge in [0.25, 0.3) is 0 Å². The molecule has 1 aromatic rings. The molecular formula is C14H18Cl2N2O3S. The number of benzene rings is 1. The Kier molecular flexibility index (Phi) is 5.37. The summed E-state index contributed by atoms with van der Waals surface area (Å²) in [4.78, 5) is 13.6.